The van der Waals surface area contributed by atoms with Crippen molar-refractivity contribution < 1.29 is 13.2 Å². The Morgan fingerprint density at radius 1 is 1.00 bits per heavy atom. The smallest absolute Gasteiger partial charge is 0.330 e. The van der Waals surface area contributed by atoms with Gasteiger partial charge in [0.1, 0.15) is 0 Å². The number of aromatic nitrogens is 2. The molecule has 0 fully saturated rings. The van der Waals surface area contributed by atoms with E-state index in [4.69, 9.17) is 11.0 Å². The highest BCUT2D eigenvalue weighted by Crippen LogP contribution is 2.29. The Hall–Kier alpha value is -3.68. The zero-order valence-corrected chi connectivity index (χ0v) is 19.6. The van der Waals surface area contributed by atoms with Gasteiger partial charge in [-0.3, -0.25) is 18.8 Å². The maximum Gasteiger partial charge on any atom is 0.416 e. The molecule has 36 heavy (non-hydrogen) atoms. The molecule has 1 aromatic heterocycles. The van der Waals surface area contributed by atoms with Crippen molar-refractivity contribution >= 4 is 0 Å². The van der Waals surface area contributed by atoms with Crippen LogP contribution in [0.3, 0.4) is 0 Å². The van der Waals surface area contributed by atoms with Gasteiger partial charge in [-0.25, -0.2) is 4.79 Å². The number of nitrogens with zero attached hydrogens (tertiary/aromatic N) is 4. The van der Waals surface area contributed by atoms with E-state index in [9.17, 15) is 22.8 Å². The SMILES string of the molecule is N#Cc1cccc(CN2CCc3c(c(=O)n(Cc4ccc(C(F)(F)F)cc4)c(=O)n3CCCN)C2)c1. The molecule has 7 nitrogen and oxygen atoms in total. The third-order valence-electron chi connectivity index (χ3n) is 6.36. The number of benzene rings is 2. The number of rotatable bonds is 7. The molecule has 4 rings (SSSR count). The quantitative estimate of drug-likeness (QED) is 0.542. The Morgan fingerprint density at radius 3 is 2.42 bits per heavy atom. The highest BCUT2D eigenvalue weighted by atomic mass is 19.4. The van der Waals surface area contributed by atoms with Gasteiger partial charge in [0.15, 0.2) is 0 Å². The lowest BCUT2D eigenvalue weighted by molar-refractivity contribution is -0.137. The van der Waals surface area contributed by atoms with Gasteiger partial charge in [0.2, 0.25) is 0 Å². The molecule has 0 bridgehead atoms. The molecule has 1 aliphatic heterocycles. The number of hydrogen-bond donors (Lipinski definition) is 1. The van der Waals surface area contributed by atoms with Crippen LogP contribution in [-0.4, -0.2) is 27.1 Å². The summed E-state index contributed by atoms with van der Waals surface area (Å²) in [6, 6.07) is 13.9. The molecule has 0 saturated carbocycles. The molecule has 0 saturated heterocycles. The fourth-order valence-electron chi connectivity index (χ4n) is 4.54. The lowest BCUT2D eigenvalue weighted by Crippen LogP contribution is -2.47. The molecule has 2 aromatic carbocycles. The average molecular weight is 498 g/mol. The lowest BCUT2D eigenvalue weighted by Gasteiger charge is -2.30. The van der Waals surface area contributed by atoms with E-state index < -0.39 is 23.0 Å². The first-order valence-electron chi connectivity index (χ1n) is 11.6. The minimum Gasteiger partial charge on any atom is -0.330 e. The Bertz CT molecular complexity index is 1400. The summed E-state index contributed by atoms with van der Waals surface area (Å²) in [5.41, 5.74) is 7.07. The lowest BCUT2D eigenvalue weighted by atomic mass is 10.0. The fourth-order valence-corrected chi connectivity index (χ4v) is 4.54. The second-order valence-electron chi connectivity index (χ2n) is 8.86. The predicted octanol–water partition coefficient (Wildman–Crippen LogP) is 2.86. The Kier molecular flexibility index (Phi) is 7.43. The number of hydrogen-bond acceptors (Lipinski definition) is 5. The molecule has 0 aliphatic carbocycles. The van der Waals surface area contributed by atoms with Gasteiger partial charge in [0, 0.05) is 38.3 Å². The van der Waals surface area contributed by atoms with Gasteiger partial charge in [-0.05, 0) is 48.4 Å². The van der Waals surface area contributed by atoms with Gasteiger partial charge in [-0.15, -0.1) is 0 Å². The summed E-state index contributed by atoms with van der Waals surface area (Å²) in [6.07, 6.45) is -3.41. The molecule has 2 heterocycles. The Morgan fingerprint density at radius 2 is 1.75 bits per heavy atom. The van der Waals surface area contributed by atoms with Gasteiger partial charge in [-0.1, -0.05) is 24.3 Å². The third kappa shape index (κ3) is 5.42. The van der Waals surface area contributed by atoms with Crippen molar-refractivity contribution in [2.24, 2.45) is 5.73 Å². The summed E-state index contributed by atoms with van der Waals surface area (Å²) < 4.78 is 41.5. The van der Waals surface area contributed by atoms with Crippen molar-refractivity contribution in [1.29, 1.82) is 5.26 Å². The van der Waals surface area contributed by atoms with Gasteiger partial charge >= 0.3 is 11.9 Å². The third-order valence-corrected chi connectivity index (χ3v) is 6.36. The topological polar surface area (TPSA) is 97.0 Å². The number of nitrogens with two attached hydrogens (primary N) is 1. The molecular formula is C26H26F3N5O2. The first-order valence-corrected chi connectivity index (χ1v) is 11.6. The molecule has 10 heteroatoms. The van der Waals surface area contributed by atoms with Crippen LogP contribution in [0.15, 0.2) is 58.1 Å². The second-order valence-corrected chi connectivity index (χ2v) is 8.86. The molecule has 0 atom stereocenters. The van der Waals surface area contributed by atoms with Crippen molar-refractivity contribution in [3.8, 4) is 6.07 Å². The normalized spacial score (nSPS) is 13.9. The second kappa shape index (κ2) is 10.5. The van der Waals surface area contributed by atoms with Crippen LogP contribution < -0.4 is 17.0 Å². The summed E-state index contributed by atoms with van der Waals surface area (Å²) in [5, 5.41) is 9.16. The van der Waals surface area contributed by atoms with Crippen LogP contribution in [0, 0.1) is 11.3 Å². The van der Waals surface area contributed by atoms with Gasteiger partial charge < -0.3 is 5.73 Å². The van der Waals surface area contributed by atoms with Gasteiger partial charge in [0.05, 0.1) is 29.3 Å². The van der Waals surface area contributed by atoms with E-state index in [1.807, 2.05) is 12.1 Å². The van der Waals surface area contributed by atoms with E-state index in [0.717, 1.165) is 22.3 Å². The first-order chi connectivity index (χ1) is 17.2. The van der Waals surface area contributed by atoms with E-state index in [1.165, 1.54) is 12.1 Å². The monoisotopic (exact) mass is 497 g/mol. The van der Waals surface area contributed by atoms with E-state index >= 15 is 0 Å². The number of nitriles is 1. The maximum absolute atomic E-state index is 13.5. The molecule has 0 spiro atoms. The zero-order chi connectivity index (χ0) is 25.9. The molecule has 0 amide bonds. The molecule has 0 radical (unpaired) electrons. The van der Waals surface area contributed by atoms with Crippen molar-refractivity contribution in [1.82, 2.24) is 14.0 Å². The number of fused-ring (bicyclic) bond motifs is 1. The highest BCUT2D eigenvalue weighted by Gasteiger charge is 2.30. The maximum atomic E-state index is 13.5. The van der Waals surface area contributed by atoms with E-state index in [0.29, 0.717) is 67.9 Å². The van der Waals surface area contributed by atoms with Gasteiger partial charge in [-0.2, -0.15) is 18.4 Å². The summed E-state index contributed by atoms with van der Waals surface area (Å²) in [4.78, 5) is 28.9. The van der Waals surface area contributed by atoms with E-state index in [-0.39, 0.29) is 6.54 Å². The highest BCUT2D eigenvalue weighted by molar-refractivity contribution is 5.33. The van der Waals surface area contributed by atoms with Gasteiger partial charge in [0.25, 0.3) is 5.56 Å². The van der Waals surface area contributed by atoms with Crippen LogP contribution in [0.4, 0.5) is 13.2 Å². The zero-order valence-electron chi connectivity index (χ0n) is 19.6. The van der Waals surface area contributed by atoms with Crippen molar-refractivity contribution in [2.75, 3.05) is 13.1 Å². The summed E-state index contributed by atoms with van der Waals surface area (Å²) >= 11 is 0. The van der Waals surface area contributed by atoms with Crippen molar-refractivity contribution in [2.45, 2.75) is 45.2 Å². The molecule has 2 N–H and O–H groups in total. The molecule has 3 aromatic rings. The van der Waals surface area contributed by atoms with Crippen molar-refractivity contribution in [3.63, 3.8) is 0 Å². The van der Waals surface area contributed by atoms with Crippen LogP contribution in [0.2, 0.25) is 0 Å². The standard InChI is InChI=1S/C26H26F3N5O2/c27-26(28,29)21-7-5-18(6-8-21)16-34-24(35)22-17-32(15-20-4-1-3-19(13-20)14-31)12-9-23(22)33(25(34)36)11-2-10-30/h1,3-8,13H,2,9-12,15-17,30H2. The first kappa shape index (κ1) is 25.4. The van der Waals surface area contributed by atoms with Crippen LogP contribution in [-0.2, 0) is 38.8 Å². The Labute approximate surface area is 205 Å². The molecule has 1 aliphatic rings. The average Bonchev–Trinajstić information content (AvgIpc) is 2.86. The molecule has 0 unspecified atom stereocenters. The van der Waals surface area contributed by atoms with Crippen LogP contribution in [0.5, 0.6) is 0 Å². The predicted molar refractivity (Wildman–Crippen MR) is 128 cm³/mol. The Balaban J connectivity index is 1.68. The minimum atomic E-state index is -4.47. The number of halogens is 3. The van der Waals surface area contributed by atoms with Crippen LogP contribution in [0.25, 0.3) is 0 Å². The summed E-state index contributed by atoms with van der Waals surface area (Å²) in [5.74, 6) is 0. The fraction of sp³-hybridized carbons (Fsp3) is 0.346. The summed E-state index contributed by atoms with van der Waals surface area (Å²) in [6.45, 7) is 2.09. The van der Waals surface area contributed by atoms with E-state index in [1.54, 1.807) is 16.7 Å². The molecule has 188 valence electrons. The molecular weight excluding hydrogens is 471 g/mol. The van der Waals surface area contributed by atoms with Crippen LogP contribution >= 0.6 is 0 Å². The number of alkyl halides is 3. The van der Waals surface area contributed by atoms with Crippen molar-refractivity contribution in [3.05, 3.63) is 103 Å². The minimum absolute atomic E-state index is 0.129. The van der Waals surface area contributed by atoms with E-state index in [2.05, 4.69) is 11.0 Å². The summed E-state index contributed by atoms with van der Waals surface area (Å²) in [7, 11) is 0. The largest absolute Gasteiger partial charge is 0.416 e. The van der Waals surface area contributed by atoms with Crippen LogP contribution in [0.1, 0.15) is 39.9 Å².